The SMILES string of the molecule is CCCCC1CCCC2SC12. The van der Waals surface area contributed by atoms with Gasteiger partial charge in [-0.15, -0.1) is 0 Å². The molecule has 0 nitrogen and oxygen atoms in total. The van der Waals surface area contributed by atoms with E-state index < -0.39 is 0 Å². The first kappa shape index (κ1) is 7.97. The van der Waals surface area contributed by atoms with Crippen LogP contribution in [0, 0.1) is 5.92 Å². The zero-order valence-electron chi connectivity index (χ0n) is 7.38. The standard InChI is InChI=1S/C10H18S/c1-2-3-5-8-6-4-7-9-10(8)11-9/h8-10H,2-7H2,1H3. The Hall–Kier alpha value is 0.350. The van der Waals surface area contributed by atoms with Crippen LogP contribution in [0.3, 0.4) is 0 Å². The highest BCUT2D eigenvalue weighted by Crippen LogP contribution is 2.54. The van der Waals surface area contributed by atoms with Gasteiger partial charge in [0, 0.05) is 10.5 Å². The molecular formula is C10H18S. The number of thioether (sulfide) groups is 1. The van der Waals surface area contributed by atoms with Crippen LogP contribution in [0.25, 0.3) is 0 Å². The van der Waals surface area contributed by atoms with Crippen molar-refractivity contribution < 1.29 is 0 Å². The first-order chi connectivity index (χ1) is 5.42. The fraction of sp³-hybridized carbons (Fsp3) is 1.00. The van der Waals surface area contributed by atoms with Crippen LogP contribution in [0.4, 0.5) is 0 Å². The quantitative estimate of drug-likeness (QED) is 0.584. The van der Waals surface area contributed by atoms with Crippen molar-refractivity contribution in [2.75, 3.05) is 0 Å². The lowest BCUT2D eigenvalue weighted by Gasteiger charge is -2.19. The van der Waals surface area contributed by atoms with Gasteiger partial charge in [-0.3, -0.25) is 0 Å². The summed E-state index contributed by atoms with van der Waals surface area (Å²) in [6, 6.07) is 0. The van der Waals surface area contributed by atoms with Gasteiger partial charge in [-0.05, 0) is 25.2 Å². The molecule has 1 aliphatic heterocycles. The molecular weight excluding hydrogens is 152 g/mol. The number of unbranched alkanes of at least 4 members (excludes halogenated alkanes) is 1. The van der Waals surface area contributed by atoms with E-state index in [1.54, 1.807) is 0 Å². The summed E-state index contributed by atoms with van der Waals surface area (Å²) in [5.74, 6) is 1.11. The molecule has 64 valence electrons. The summed E-state index contributed by atoms with van der Waals surface area (Å²) in [6.07, 6.45) is 8.95. The van der Waals surface area contributed by atoms with Gasteiger partial charge in [0.05, 0.1) is 0 Å². The number of fused-ring (bicyclic) bond motifs is 1. The third-order valence-corrected chi connectivity index (χ3v) is 4.67. The molecule has 1 aliphatic carbocycles. The van der Waals surface area contributed by atoms with Crippen LogP contribution in [0.5, 0.6) is 0 Å². The molecule has 2 rings (SSSR count). The fourth-order valence-electron chi connectivity index (χ4n) is 2.32. The summed E-state index contributed by atoms with van der Waals surface area (Å²) in [6.45, 7) is 2.31. The molecule has 3 unspecified atom stereocenters. The molecule has 0 aromatic carbocycles. The average molecular weight is 170 g/mol. The maximum Gasteiger partial charge on any atom is 0.0198 e. The fourth-order valence-corrected chi connectivity index (χ4v) is 3.79. The Morgan fingerprint density at radius 2 is 2.27 bits per heavy atom. The molecule has 1 heteroatoms. The lowest BCUT2D eigenvalue weighted by molar-refractivity contribution is 0.377. The van der Waals surface area contributed by atoms with Gasteiger partial charge < -0.3 is 0 Å². The van der Waals surface area contributed by atoms with Gasteiger partial charge in [0.1, 0.15) is 0 Å². The predicted octanol–water partition coefficient (Wildman–Crippen LogP) is 3.46. The molecule has 11 heavy (non-hydrogen) atoms. The molecule has 0 spiro atoms. The van der Waals surface area contributed by atoms with E-state index in [2.05, 4.69) is 18.7 Å². The van der Waals surface area contributed by atoms with Crippen LogP contribution in [0.15, 0.2) is 0 Å². The maximum absolute atomic E-state index is 2.31. The average Bonchev–Trinajstić information content (AvgIpc) is 2.79. The molecule has 0 aromatic rings. The normalized spacial score (nSPS) is 41.7. The molecule has 0 radical (unpaired) electrons. The summed E-state index contributed by atoms with van der Waals surface area (Å²) >= 11 is 2.26. The first-order valence-corrected chi connectivity index (χ1v) is 6.01. The Bertz CT molecular complexity index is 133. The molecule has 0 N–H and O–H groups in total. The molecule has 1 saturated heterocycles. The van der Waals surface area contributed by atoms with Crippen molar-refractivity contribution in [2.24, 2.45) is 5.92 Å². The molecule has 2 fully saturated rings. The summed E-state index contributed by atoms with van der Waals surface area (Å²) in [5.41, 5.74) is 0. The van der Waals surface area contributed by atoms with Crippen molar-refractivity contribution in [2.45, 2.75) is 55.9 Å². The summed E-state index contributed by atoms with van der Waals surface area (Å²) < 4.78 is 0. The Morgan fingerprint density at radius 3 is 3.09 bits per heavy atom. The molecule has 2 aliphatic rings. The van der Waals surface area contributed by atoms with Gasteiger partial charge in [-0.25, -0.2) is 0 Å². The Morgan fingerprint density at radius 1 is 1.36 bits per heavy atom. The van der Waals surface area contributed by atoms with Gasteiger partial charge in [-0.2, -0.15) is 11.8 Å². The molecule has 3 atom stereocenters. The second-order valence-electron chi connectivity index (χ2n) is 3.97. The van der Waals surface area contributed by atoms with Crippen molar-refractivity contribution in [3.8, 4) is 0 Å². The zero-order chi connectivity index (χ0) is 7.68. The van der Waals surface area contributed by atoms with Crippen LogP contribution >= 0.6 is 11.8 Å². The highest BCUT2D eigenvalue weighted by Gasteiger charge is 2.45. The monoisotopic (exact) mass is 170 g/mol. The van der Waals surface area contributed by atoms with E-state index >= 15 is 0 Å². The minimum absolute atomic E-state index is 1.10. The van der Waals surface area contributed by atoms with Crippen LogP contribution in [0.2, 0.25) is 0 Å². The van der Waals surface area contributed by atoms with E-state index in [1.165, 1.54) is 38.5 Å². The van der Waals surface area contributed by atoms with Crippen LogP contribution in [-0.4, -0.2) is 10.5 Å². The summed E-state index contributed by atoms with van der Waals surface area (Å²) in [5, 5.41) is 2.21. The van der Waals surface area contributed by atoms with Gasteiger partial charge in [0.15, 0.2) is 0 Å². The van der Waals surface area contributed by atoms with Crippen molar-refractivity contribution in [1.82, 2.24) is 0 Å². The maximum atomic E-state index is 2.31. The Balaban J connectivity index is 1.75. The molecule has 1 saturated carbocycles. The molecule has 1 heterocycles. The van der Waals surface area contributed by atoms with Crippen LogP contribution in [0.1, 0.15) is 45.4 Å². The molecule has 0 amide bonds. The van der Waals surface area contributed by atoms with Crippen molar-refractivity contribution in [3.63, 3.8) is 0 Å². The van der Waals surface area contributed by atoms with Gasteiger partial charge in [0.25, 0.3) is 0 Å². The number of hydrogen-bond acceptors (Lipinski definition) is 1. The van der Waals surface area contributed by atoms with E-state index in [0.29, 0.717) is 0 Å². The van der Waals surface area contributed by atoms with E-state index in [0.717, 1.165) is 16.4 Å². The number of hydrogen-bond donors (Lipinski definition) is 0. The first-order valence-electron chi connectivity index (χ1n) is 5.07. The highest BCUT2D eigenvalue weighted by molar-refractivity contribution is 8.07. The Kier molecular flexibility index (Phi) is 2.45. The largest absolute Gasteiger partial charge is 0.153 e. The van der Waals surface area contributed by atoms with Crippen molar-refractivity contribution in [1.29, 1.82) is 0 Å². The summed E-state index contributed by atoms with van der Waals surface area (Å²) in [7, 11) is 0. The van der Waals surface area contributed by atoms with Crippen LogP contribution in [-0.2, 0) is 0 Å². The zero-order valence-corrected chi connectivity index (χ0v) is 8.20. The van der Waals surface area contributed by atoms with E-state index in [-0.39, 0.29) is 0 Å². The van der Waals surface area contributed by atoms with Crippen LogP contribution < -0.4 is 0 Å². The molecule has 0 bridgehead atoms. The highest BCUT2D eigenvalue weighted by atomic mass is 32.2. The lowest BCUT2D eigenvalue weighted by atomic mass is 9.86. The van der Waals surface area contributed by atoms with E-state index in [4.69, 9.17) is 0 Å². The summed E-state index contributed by atoms with van der Waals surface area (Å²) in [4.78, 5) is 0. The third-order valence-electron chi connectivity index (χ3n) is 3.08. The smallest absolute Gasteiger partial charge is 0.0198 e. The van der Waals surface area contributed by atoms with Gasteiger partial charge in [-0.1, -0.05) is 26.2 Å². The van der Waals surface area contributed by atoms with Gasteiger partial charge in [0.2, 0.25) is 0 Å². The predicted molar refractivity (Wildman–Crippen MR) is 52.0 cm³/mol. The molecule has 0 aromatic heterocycles. The second-order valence-corrected chi connectivity index (χ2v) is 5.39. The van der Waals surface area contributed by atoms with Crippen molar-refractivity contribution in [3.05, 3.63) is 0 Å². The second kappa shape index (κ2) is 3.38. The Labute approximate surface area is 74.1 Å². The minimum Gasteiger partial charge on any atom is -0.153 e. The minimum atomic E-state index is 1.10. The van der Waals surface area contributed by atoms with Gasteiger partial charge >= 0.3 is 0 Å². The van der Waals surface area contributed by atoms with E-state index in [1.807, 2.05) is 0 Å². The lowest BCUT2D eigenvalue weighted by Crippen LogP contribution is -2.15. The van der Waals surface area contributed by atoms with Crippen molar-refractivity contribution >= 4 is 11.8 Å². The van der Waals surface area contributed by atoms with E-state index in [9.17, 15) is 0 Å². The third kappa shape index (κ3) is 1.74. The topological polar surface area (TPSA) is 0 Å². The number of rotatable bonds is 3.